The van der Waals surface area contributed by atoms with Gasteiger partial charge in [0, 0.05) is 20.1 Å². The van der Waals surface area contributed by atoms with Gasteiger partial charge in [-0.25, -0.2) is 0 Å². The van der Waals surface area contributed by atoms with Crippen molar-refractivity contribution in [3.8, 4) is 0 Å². The number of amides is 1. The van der Waals surface area contributed by atoms with Crippen LogP contribution in [0.4, 0.5) is 0 Å². The topological polar surface area (TPSA) is 44.4 Å². The van der Waals surface area contributed by atoms with Crippen molar-refractivity contribution in [2.45, 2.75) is 19.9 Å². The van der Waals surface area contributed by atoms with E-state index < -0.39 is 0 Å². The van der Waals surface area contributed by atoms with Crippen molar-refractivity contribution in [3.05, 3.63) is 0 Å². The Morgan fingerprint density at radius 1 is 1.54 bits per heavy atom. The van der Waals surface area contributed by atoms with Gasteiger partial charge in [-0.2, -0.15) is 0 Å². The molecule has 0 bridgehead atoms. The van der Waals surface area contributed by atoms with Crippen LogP contribution in [0.3, 0.4) is 0 Å². The number of nitrogens with zero attached hydrogens (tertiary/aromatic N) is 1. The minimum absolute atomic E-state index is 0.0409. The Bertz CT molecular complexity index is 150. The maximum Gasteiger partial charge on any atom is 0.236 e. The molecular weight excluding hydrogens is 166 g/mol. The van der Waals surface area contributed by atoms with Gasteiger partial charge in [0.1, 0.15) is 0 Å². The molecule has 0 aromatic heterocycles. The van der Waals surface area contributed by atoms with E-state index in [1.54, 1.807) is 7.05 Å². The summed E-state index contributed by atoms with van der Waals surface area (Å²) in [7, 11) is 3.71. The molecular formula is C9H21N3O. The van der Waals surface area contributed by atoms with Crippen molar-refractivity contribution in [2.24, 2.45) is 0 Å². The Balaban J connectivity index is 3.47. The quantitative estimate of drug-likeness (QED) is 0.598. The van der Waals surface area contributed by atoms with E-state index >= 15 is 0 Å². The molecule has 0 aliphatic carbocycles. The van der Waals surface area contributed by atoms with Crippen molar-refractivity contribution >= 4 is 5.91 Å². The SMILES string of the molecule is CCN(C)CCNC(C)C(=O)NC. The molecule has 4 heteroatoms. The van der Waals surface area contributed by atoms with Crippen LogP contribution in [-0.2, 0) is 4.79 Å². The Morgan fingerprint density at radius 2 is 2.15 bits per heavy atom. The van der Waals surface area contributed by atoms with Gasteiger partial charge in [0.25, 0.3) is 0 Å². The van der Waals surface area contributed by atoms with Gasteiger partial charge in [-0.1, -0.05) is 6.92 Å². The molecule has 0 radical (unpaired) electrons. The minimum atomic E-state index is -0.102. The summed E-state index contributed by atoms with van der Waals surface area (Å²) in [6, 6.07) is -0.102. The van der Waals surface area contributed by atoms with E-state index in [1.807, 2.05) is 6.92 Å². The molecule has 0 aromatic rings. The summed E-state index contributed by atoms with van der Waals surface area (Å²) in [6.45, 7) is 6.83. The molecule has 0 saturated carbocycles. The normalized spacial score (nSPS) is 13.0. The van der Waals surface area contributed by atoms with Crippen LogP contribution in [0, 0.1) is 0 Å². The fourth-order valence-electron chi connectivity index (χ4n) is 0.939. The highest BCUT2D eigenvalue weighted by molar-refractivity contribution is 5.80. The minimum Gasteiger partial charge on any atom is -0.358 e. The van der Waals surface area contributed by atoms with Gasteiger partial charge in [-0.05, 0) is 20.5 Å². The predicted molar refractivity (Wildman–Crippen MR) is 54.7 cm³/mol. The maximum atomic E-state index is 11.1. The van der Waals surface area contributed by atoms with E-state index in [9.17, 15) is 4.79 Å². The van der Waals surface area contributed by atoms with Gasteiger partial charge in [-0.3, -0.25) is 4.79 Å². The second-order valence-corrected chi connectivity index (χ2v) is 3.19. The zero-order valence-electron chi connectivity index (χ0n) is 9.05. The van der Waals surface area contributed by atoms with Crippen molar-refractivity contribution in [2.75, 3.05) is 33.7 Å². The molecule has 78 valence electrons. The second-order valence-electron chi connectivity index (χ2n) is 3.19. The fraction of sp³-hybridized carbons (Fsp3) is 0.889. The number of rotatable bonds is 6. The van der Waals surface area contributed by atoms with Gasteiger partial charge < -0.3 is 15.5 Å². The van der Waals surface area contributed by atoms with Crippen LogP contribution >= 0.6 is 0 Å². The molecule has 4 nitrogen and oxygen atoms in total. The number of likely N-dealkylation sites (N-methyl/N-ethyl adjacent to an activating group) is 2. The zero-order chi connectivity index (χ0) is 10.3. The summed E-state index contributed by atoms with van der Waals surface area (Å²) in [5.74, 6) is 0.0409. The van der Waals surface area contributed by atoms with Crippen molar-refractivity contribution in [3.63, 3.8) is 0 Å². The molecule has 1 atom stereocenters. The summed E-state index contributed by atoms with van der Waals surface area (Å²) in [6.07, 6.45) is 0. The van der Waals surface area contributed by atoms with Crippen molar-refractivity contribution in [1.82, 2.24) is 15.5 Å². The zero-order valence-corrected chi connectivity index (χ0v) is 9.05. The summed E-state index contributed by atoms with van der Waals surface area (Å²) < 4.78 is 0. The molecule has 0 saturated heterocycles. The average Bonchev–Trinajstić information content (AvgIpc) is 2.15. The lowest BCUT2D eigenvalue weighted by Gasteiger charge is -2.16. The Labute approximate surface area is 80.7 Å². The molecule has 2 N–H and O–H groups in total. The Morgan fingerprint density at radius 3 is 2.62 bits per heavy atom. The molecule has 0 heterocycles. The first-order valence-corrected chi connectivity index (χ1v) is 4.75. The van der Waals surface area contributed by atoms with Gasteiger partial charge in [0.05, 0.1) is 6.04 Å². The number of hydrogen-bond donors (Lipinski definition) is 2. The standard InChI is InChI=1S/C9H21N3O/c1-5-12(4)7-6-11-8(2)9(13)10-3/h8,11H,5-7H2,1-4H3,(H,10,13). The lowest BCUT2D eigenvalue weighted by molar-refractivity contribution is -0.122. The third-order valence-electron chi connectivity index (χ3n) is 2.12. The summed E-state index contributed by atoms with van der Waals surface area (Å²) in [4.78, 5) is 13.3. The molecule has 0 aliphatic heterocycles. The van der Waals surface area contributed by atoms with Crippen LogP contribution < -0.4 is 10.6 Å². The van der Waals surface area contributed by atoms with Crippen LogP contribution in [0.15, 0.2) is 0 Å². The van der Waals surface area contributed by atoms with E-state index in [2.05, 4.69) is 29.5 Å². The van der Waals surface area contributed by atoms with Crippen LogP contribution in [0.1, 0.15) is 13.8 Å². The maximum absolute atomic E-state index is 11.1. The lowest BCUT2D eigenvalue weighted by Crippen LogP contribution is -2.43. The highest BCUT2D eigenvalue weighted by Gasteiger charge is 2.08. The van der Waals surface area contributed by atoms with Crippen LogP contribution in [0.25, 0.3) is 0 Å². The first-order valence-electron chi connectivity index (χ1n) is 4.75. The van der Waals surface area contributed by atoms with E-state index in [0.29, 0.717) is 0 Å². The first-order chi connectivity index (χ1) is 6.11. The Kier molecular flexibility index (Phi) is 6.54. The van der Waals surface area contributed by atoms with Gasteiger partial charge in [0.15, 0.2) is 0 Å². The van der Waals surface area contributed by atoms with Gasteiger partial charge >= 0.3 is 0 Å². The van der Waals surface area contributed by atoms with E-state index in [4.69, 9.17) is 0 Å². The monoisotopic (exact) mass is 187 g/mol. The molecule has 0 aliphatic rings. The van der Waals surface area contributed by atoms with Crippen LogP contribution in [0.5, 0.6) is 0 Å². The number of carbonyl (C=O) groups is 1. The van der Waals surface area contributed by atoms with E-state index in [-0.39, 0.29) is 11.9 Å². The molecule has 1 unspecified atom stereocenters. The Hall–Kier alpha value is -0.610. The summed E-state index contributed by atoms with van der Waals surface area (Å²) in [5.41, 5.74) is 0. The van der Waals surface area contributed by atoms with Gasteiger partial charge in [0.2, 0.25) is 5.91 Å². The lowest BCUT2D eigenvalue weighted by atomic mass is 10.3. The number of nitrogens with one attached hydrogen (secondary N) is 2. The van der Waals surface area contributed by atoms with Gasteiger partial charge in [-0.15, -0.1) is 0 Å². The highest BCUT2D eigenvalue weighted by Crippen LogP contribution is 1.82. The molecule has 0 rings (SSSR count). The highest BCUT2D eigenvalue weighted by atomic mass is 16.2. The second kappa shape index (κ2) is 6.86. The molecule has 1 amide bonds. The number of hydrogen-bond acceptors (Lipinski definition) is 3. The average molecular weight is 187 g/mol. The molecule has 0 spiro atoms. The predicted octanol–water partition coefficient (Wildman–Crippen LogP) is -0.338. The van der Waals surface area contributed by atoms with E-state index in [1.165, 1.54) is 0 Å². The van der Waals surface area contributed by atoms with Crippen LogP contribution in [-0.4, -0.2) is 50.6 Å². The largest absolute Gasteiger partial charge is 0.358 e. The summed E-state index contributed by atoms with van der Waals surface area (Å²) in [5, 5.41) is 5.75. The fourth-order valence-corrected chi connectivity index (χ4v) is 0.939. The van der Waals surface area contributed by atoms with Crippen LogP contribution in [0.2, 0.25) is 0 Å². The third-order valence-corrected chi connectivity index (χ3v) is 2.12. The van der Waals surface area contributed by atoms with E-state index in [0.717, 1.165) is 19.6 Å². The number of carbonyl (C=O) groups excluding carboxylic acids is 1. The molecule has 13 heavy (non-hydrogen) atoms. The smallest absolute Gasteiger partial charge is 0.236 e. The summed E-state index contributed by atoms with van der Waals surface area (Å²) >= 11 is 0. The van der Waals surface area contributed by atoms with Crippen molar-refractivity contribution in [1.29, 1.82) is 0 Å². The third kappa shape index (κ3) is 5.60. The van der Waals surface area contributed by atoms with Crippen molar-refractivity contribution < 1.29 is 4.79 Å². The molecule has 0 fully saturated rings. The molecule has 0 aromatic carbocycles. The first kappa shape index (κ1) is 12.4.